The predicted molar refractivity (Wildman–Crippen MR) is 405 cm³/mol. The number of hydrogen-bond donors (Lipinski definition) is 34. The molecular formula is C73H121N5O54. The average molecular weight is 1930 g/mol. The van der Waals surface area contributed by atoms with Gasteiger partial charge in [0.1, 0.15) is 238 Å². The summed E-state index contributed by atoms with van der Waals surface area (Å²) in [5, 5.41) is 336. The molecule has 0 aromatic rings. The number of carboxylic acids is 1. The van der Waals surface area contributed by atoms with Crippen LogP contribution in [0.5, 0.6) is 0 Å². The number of carbonyl (C=O) groups is 6. The Morgan fingerprint density at radius 2 is 0.621 bits per heavy atom. The Labute approximate surface area is 746 Å². The molecule has 0 aromatic carbocycles. The Balaban J connectivity index is 0.961. The van der Waals surface area contributed by atoms with Gasteiger partial charge in [0, 0.05) is 41.0 Å². The number of aliphatic hydroxyl groups is 28. The predicted octanol–water partition coefficient (Wildman–Crippen LogP) is -22.9. The molecular weight excluding hydrogens is 1810 g/mol. The third kappa shape index (κ3) is 24.1. The molecule has 132 heavy (non-hydrogen) atoms. The van der Waals surface area contributed by atoms with E-state index in [2.05, 4.69) is 26.6 Å². The minimum atomic E-state index is -3.12. The van der Waals surface area contributed by atoms with Crippen molar-refractivity contribution in [1.82, 2.24) is 26.6 Å². The second kappa shape index (κ2) is 47.3. The topological polar surface area (TPSA) is 925 Å². The minimum Gasteiger partial charge on any atom is -0.477 e. The number of nitrogens with one attached hydrogen (secondary N) is 5. The molecule has 10 heterocycles. The van der Waals surface area contributed by atoms with Crippen LogP contribution in [0.2, 0.25) is 0 Å². The maximum Gasteiger partial charge on any atom is 0.364 e. The van der Waals surface area contributed by atoms with E-state index >= 15 is 0 Å². The number of carboxylic acid groups (broad SMARTS) is 1. The Bertz CT molecular complexity index is 3680. The van der Waals surface area contributed by atoms with Crippen molar-refractivity contribution in [1.29, 1.82) is 0 Å². The van der Waals surface area contributed by atoms with Crippen LogP contribution < -0.4 is 26.6 Å². The van der Waals surface area contributed by atoms with E-state index in [9.17, 15) is 177 Å². The van der Waals surface area contributed by atoms with Crippen molar-refractivity contribution in [3.63, 3.8) is 0 Å². The van der Waals surface area contributed by atoms with Crippen LogP contribution in [0.1, 0.15) is 41.0 Å². The molecule has 0 aromatic heterocycles. The third-order valence-electron chi connectivity index (χ3n) is 23.9. The zero-order chi connectivity index (χ0) is 97.6. The van der Waals surface area contributed by atoms with Gasteiger partial charge in [-0.05, 0) is 0 Å². The van der Waals surface area contributed by atoms with Crippen molar-refractivity contribution in [3.8, 4) is 0 Å². The second-order valence-corrected chi connectivity index (χ2v) is 33.2. The molecule has 10 aliphatic rings. The fourth-order valence-corrected chi connectivity index (χ4v) is 16.9. The summed E-state index contributed by atoms with van der Waals surface area (Å²) in [4.78, 5) is 76.8. The van der Waals surface area contributed by atoms with Gasteiger partial charge in [0.05, 0.1) is 78.2 Å². The lowest BCUT2D eigenvalue weighted by molar-refractivity contribution is -0.399. The van der Waals surface area contributed by atoms with Gasteiger partial charge >= 0.3 is 5.97 Å². The molecule has 0 spiro atoms. The average Bonchev–Trinajstić information content (AvgIpc) is 0.763. The zero-order valence-electron chi connectivity index (χ0n) is 70.8. The largest absolute Gasteiger partial charge is 0.477 e. The van der Waals surface area contributed by atoms with Gasteiger partial charge in [-0.2, -0.15) is 0 Å². The molecule has 5 amide bonds. The fraction of sp³-hybridized carbons (Fsp3) is 0.918. The van der Waals surface area contributed by atoms with Crippen LogP contribution >= 0.6 is 0 Å². The van der Waals surface area contributed by atoms with E-state index in [0.717, 1.165) is 34.6 Å². The summed E-state index contributed by atoms with van der Waals surface area (Å²) >= 11 is 0. The highest BCUT2D eigenvalue weighted by Gasteiger charge is 2.63. The molecule has 10 saturated heterocycles. The maximum atomic E-state index is 13.3. The molecule has 0 bridgehead atoms. The van der Waals surface area contributed by atoms with Gasteiger partial charge in [-0.25, -0.2) is 4.79 Å². The van der Waals surface area contributed by atoms with E-state index in [0.29, 0.717) is 0 Å². The second-order valence-electron chi connectivity index (χ2n) is 33.2. The summed E-state index contributed by atoms with van der Waals surface area (Å²) < 4.78 is 112. The molecule has 51 atom stereocenters. The maximum absolute atomic E-state index is 13.3. The van der Waals surface area contributed by atoms with Crippen molar-refractivity contribution in [2.24, 2.45) is 0 Å². The van der Waals surface area contributed by atoms with E-state index in [-0.39, 0.29) is 0 Å². The van der Waals surface area contributed by atoms with E-state index in [1.807, 2.05) is 0 Å². The highest BCUT2D eigenvalue weighted by atomic mass is 16.8. The molecule has 0 saturated carbocycles. The van der Waals surface area contributed by atoms with Crippen LogP contribution in [0, 0.1) is 0 Å². The number of carbonyl (C=O) groups excluding carboxylic acids is 5. The Morgan fingerprint density at radius 1 is 0.311 bits per heavy atom. The molecule has 10 rings (SSSR count). The molecule has 34 N–H and O–H groups in total. The van der Waals surface area contributed by atoms with Crippen molar-refractivity contribution in [3.05, 3.63) is 0 Å². The SMILES string of the molecule is CC(=O)N[C@H]1[C@H](O[C@H]2[C@H](O)[C@@H](NC(C)=O)C(O)O[C@@H]2CO)O[C@H](CO)[C@@H](O[C@@H]2O[C@H](CO[C@H]3O[C@H](CO)[C@@H](O)[C@H](O[C@H]4O[C@H](CO)[C@@H](O)[C@H](O)[C@@H]4O[C@H]4O[C@H](CO)[C@@H](O)[C@H](O)[C@@H]4O)[C@@H]3O)[C@@H](O)[C@H](O[C@H]3O[C@H](CO)[C@@H](O)[C@H](O)[C@@H]3O[C@@H]3O[C@H](CO)[C@@H](O[C@@H]4O[C@H](CO[C@]5(C(=O)O)C[C@H](O)[C@@H](NC(C)=O)[C@H]([C@H](O)[C@H](O)CO)O5)[C@H](O)[C@H](O)[C@H]4NC(C)=O)[C@H](O)[C@H]3NC(C)=O)[C@@H]2O)[C@@H]1O. The summed E-state index contributed by atoms with van der Waals surface area (Å²) in [6.07, 6.45) is -99.6. The van der Waals surface area contributed by atoms with Gasteiger partial charge in [-0.15, -0.1) is 0 Å². The van der Waals surface area contributed by atoms with E-state index in [1.165, 1.54) is 0 Å². The Kier molecular flexibility index (Phi) is 39.0. The summed E-state index contributed by atoms with van der Waals surface area (Å²) in [6.45, 7) is -7.16. The van der Waals surface area contributed by atoms with Crippen LogP contribution in [-0.4, -0.2) is 562 Å². The highest BCUT2D eigenvalue weighted by molar-refractivity contribution is 5.77. The third-order valence-corrected chi connectivity index (χ3v) is 23.9. The first kappa shape index (κ1) is 109. The molecule has 0 radical (unpaired) electrons. The quantitative estimate of drug-likeness (QED) is 0.0277. The van der Waals surface area contributed by atoms with Crippen LogP contribution in [0.15, 0.2) is 0 Å². The number of rotatable bonds is 36. The van der Waals surface area contributed by atoms with E-state index < -0.39 is 420 Å². The molecule has 1 unspecified atom stereocenters. The summed E-state index contributed by atoms with van der Waals surface area (Å²) in [7, 11) is 0. The molecule has 59 heteroatoms. The normalized spacial score (nSPS) is 47.2. The number of ether oxygens (including phenoxy) is 19. The molecule has 10 fully saturated rings. The molecule has 10 aliphatic heterocycles. The summed E-state index contributed by atoms with van der Waals surface area (Å²) in [5.41, 5.74) is 0. The Morgan fingerprint density at radius 3 is 1.06 bits per heavy atom. The lowest BCUT2D eigenvalue weighted by atomic mass is 9.88. The number of aliphatic carboxylic acids is 1. The standard InChI is InChI=1S/C73H121N5O54/c1-17(87)74-33-22(92)6-73(72(112)113,132-58(33)38(94)23(93)7-79)115-16-32-42(98)45(101)35(76-19(3)89)64(123-32)126-56-29(13-85)122-66(37(47(56)103)78-21(5)91)130-61-50(106)40(96)25(9-81)119-70(61)129-60-44(100)31(124-69(54(60)110)127-57-30(14-86)121-65(36(48(57)104)77-20(4)90)125-55-28(12-84)116-63(111)34(46(55)102)75-18(2)88)15-114-67-53(109)59(43(99)27(11-83)117-67)128-71-62(51(107)41(97)26(10-82)120-71)131-68-52(108)49(105)39(95)24(8-80)118-68/h22-71,79-86,92-111H,6-16H2,1-5H3,(H,74,87)(H,75,88)(H,76,89)(H,77,90)(H,78,91)(H,112,113)/t22-,23+,24+,25+,26+,27+,28+,29+,30+,31+,32+,33+,34+,35+,36+,37+,38+,39+,40+,41+,42-,43+,44+,45+,46+,47+,48+,49-,50-,51-,52-,53-,54-,55+,56+,57+,58+,59-,60-,61-,62-,63?,64-,65-,66-,67-,68+,69-,70+,71+,73+/m0/s1. The first-order chi connectivity index (χ1) is 62.3. The lowest BCUT2D eigenvalue weighted by Crippen LogP contribution is -2.71. The summed E-state index contributed by atoms with van der Waals surface area (Å²) in [6, 6.07) is -9.45. The van der Waals surface area contributed by atoms with Gasteiger partial charge < -0.3 is 265 Å². The molecule has 0 aliphatic carbocycles. The van der Waals surface area contributed by atoms with Gasteiger partial charge in [0.15, 0.2) is 56.6 Å². The summed E-state index contributed by atoms with van der Waals surface area (Å²) in [5.74, 6) is -9.87. The fourth-order valence-electron chi connectivity index (χ4n) is 16.9. The van der Waals surface area contributed by atoms with Crippen LogP contribution in [0.25, 0.3) is 0 Å². The van der Waals surface area contributed by atoms with Gasteiger partial charge in [-0.1, -0.05) is 0 Å². The van der Waals surface area contributed by atoms with Gasteiger partial charge in [0.2, 0.25) is 29.5 Å². The number of hydrogen-bond acceptors (Lipinski definition) is 53. The van der Waals surface area contributed by atoms with Crippen molar-refractivity contribution in [2.45, 2.75) is 353 Å². The number of aliphatic hydroxyl groups excluding tert-OH is 28. The molecule has 59 nitrogen and oxygen atoms in total. The van der Waals surface area contributed by atoms with Crippen LogP contribution in [-0.2, 0) is 119 Å². The van der Waals surface area contributed by atoms with Crippen molar-refractivity contribution in [2.75, 3.05) is 66.1 Å². The first-order valence-corrected chi connectivity index (χ1v) is 41.8. The lowest BCUT2D eigenvalue weighted by Gasteiger charge is -2.51. The first-order valence-electron chi connectivity index (χ1n) is 41.8. The van der Waals surface area contributed by atoms with E-state index in [1.54, 1.807) is 0 Å². The van der Waals surface area contributed by atoms with Gasteiger partial charge in [-0.3, -0.25) is 24.0 Å². The highest BCUT2D eigenvalue weighted by Crippen LogP contribution is 2.42. The monoisotopic (exact) mass is 1930 g/mol. The van der Waals surface area contributed by atoms with Crippen LogP contribution in [0.4, 0.5) is 0 Å². The minimum absolute atomic E-state index is 0.814. The smallest absolute Gasteiger partial charge is 0.364 e. The van der Waals surface area contributed by atoms with E-state index in [4.69, 9.17) is 90.0 Å². The van der Waals surface area contributed by atoms with Crippen molar-refractivity contribution < 1.29 is 267 Å². The number of amides is 5. The molecule has 762 valence electrons. The Hall–Kier alpha value is -5.06. The van der Waals surface area contributed by atoms with Crippen molar-refractivity contribution >= 4 is 35.5 Å². The van der Waals surface area contributed by atoms with Crippen LogP contribution in [0.3, 0.4) is 0 Å². The zero-order valence-corrected chi connectivity index (χ0v) is 70.8. The van der Waals surface area contributed by atoms with Gasteiger partial charge in [0.25, 0.3) is 5.79 Å².